The number of hydrogen-bond acceptors (Lipinski definition) is 20. The van der Waals surface area contributed by atoms with Crippen LogP contribution in [0.2, 0.25) is 0 Å². The highest BCUT2D eigenvalue weighted by atomic mass is 32.1. The van der Waals surface area contributed by atoms with Crippen LogP contribution in [-0.4, -0.2) is 193 Å². The lowest BCUT2D eigenvalue weighted by Gasteiger charge is -2.36. The average molecular weight is 1800 g/mol. The van der Waals surface area contributed by atoms with Gasteiger partial charge in [0, 0.05) is 75.9 Å². The summed E-state index contributed by atoms with van der Waals surface area (Å²) in [6.45, 7) is 20.7. The van der Waals surface area contributed by atoms with Crippen LogP contribution in [0.4, 0.5) is 9.59 Å². The van der Waals surface area contributed by atoms with Crippen LogP contribution in [0, 0.1) is 17.8 Å². The number of unbranched alkanes of at least 4 members (excludes halogenated alkanes) is 12. The van der Waals surface area contributed by atoms with Crippen molar-refractivity contribution in [3.8, 4) is 22.8 Å². The molecule has 12 N–H and O–H groups in total. The third-order valence-electron chi connectivity index (χ3n) is 22.4. The number of carbonyl (C=O) groups excluding carboxylic acids is 6. The van der Waals surface area contributed by atoms with Gasteiger partial charge in [-0.05, 0) is 141 Å². The number of hydrogen-bond donors (Lipinski definition) is 11. The Bertz CT molecular complexity index is 4250. The number of pyridine rings is 1. The Balaban J connectivity index is 0.000000370. The second-order valence-electron chi connectivity index (χ2n) is 35.6. The smallest absolute Gasteiger partial charge is 0.407 e. The standard InChI is InChI=1S/C38H52N6O7.C17H23NO3.C17H21NO.C16H32O2.C14H22N2O3.S/c1-37(2,3)31(41-35(48)50-7)33(46)40-29(22-25-14-10-9-11-15-25)30(45)24-44(43-34(47)32(38(4,5)6)42-36(49)51-8)23-26-17-19-27(20-18-26)28-16-12-13-21-39-28;1-18-13-7-8-14(18)10-15(9-13)21-17(20)16(11-19)12-5-3-2-4-6-12;1-14-8-6-7-11-16(14)19-17(12-13-18-2)15-9-4-3-5-10-15;1-2-3-4-5-6-7-8-9-10-11-12-13-14-15-16(17)18;1-10(2)16-8-12(17)9-19-13-5-3-11(4-6-13)7-14(15)18;/h9-21,29-32,45H,22-24H2,1-8H3,(H,40,46)(H,41,48)(H,42,49)(H,43,47);2-6,13-16,19H,7-11H2,1H3;3-11,17-18H,12-13H2,1-2H3;2-15H2,1H3,(H,17,18);3-6,10,12,16-17H,7-9H2,1-2H3,(H2,15,18);/t29-,30-,31+,32+;13-,14+,15+,16?;17-;;;/m0.1.../s1. The maximum Gasteiger partial charge on any atom is 0.407 e. The van der Waals surface area contributed by atoms with Gasteiger partial charge in [-0.15, -0.1) is 0 Å². The second kappa shape index (κ2) is 61.6. The number of aliphatic carboxylic acids is 1. The molecule has 1 aromatic heterocycles. The van der Waals surface area contributed by atoms with Crippen LogP contribution in [0.5, 0.6) is 11.5 Å². The van der Waals surface area contributed by atoms with Gasteiger partial charge < -0.3 is 81.3 Å². The Kier molecular flexibility index (Phi) is 53.2. The molecule has 2 bridgehead atoms. The van der Waals surface area contributed by atoms with Crippen LogP contribution in [-0.2, 0) is 57.6 Å². The van der Waals surface area contributed by atoms with Crippen LogP contribution in [0.15, 0.2) is 188 Å². The van der Waals surface area contributed by atoms with Crippen molar-refractivity contribution in [1.82, 2.24) is 46.9 Å². The summed E-state index contributed by atoms with van der Waals surface area (Å²) < 4.78 is 26.9. The molecule has 0 spiro atoms. The fourth-order valence-electron chi connectivity index (χ4n) is 15.0. The van der Waals surface area contributed by atoms with Crippen molar-refractivity contribution in [2.45, 2.75) is 277 Å². The monoisotopic (exact) mass is 1800 g/mol. The van der Waals surface area contributed by atoms with Gasteiger partial charge in [-0.25, -0.2) is 14.6 Å². The zero-order valence-corrected chi connectivity index (χ0v) is 79.7. The summed E-state index contributed by atoms with van der Waals surface area (Å²) in [5, 5.41) is 55.6. The number of hydrazine groups is 1. The first kappa shape index (κ1) is 111. The maximum atomic E-state index is 13.8. The van der Waals surface area contributed by atoms with Crippen molar-refractivity contribution in [2.75, 3.05) is 61.2 Å². The van der Waals surface area contributed by atoms with Gasteiger partial charge in [0.1, 0.15) is 54.4 Å². The van der Waals surface area contributed by atoms with E-state index in [4.69, 9.17) is 34.5 Å². The maximum absolute atomic E-state index is 13.8. The zero-order chi connectivity index (χ0) is 93.8. The molecule has 2 unspecified atom stereocenters. The predicted octanol–water partition coefficient (Wildman–Crippen LogP) is 16.5. The summed E-state index contributed by atoms with van der Waals surface area (Å²) in [7, 11) is 6.57. The van der Waals surface area contributed by atoms with Crippen molar-refractivity contribution < 1.29 is 77.7 Å². The molecule has 129 heavy (non-hydrogen) atoms. The number of benzene rings is 6. The molecule has 9 rings (SSSR count). The number of carboxylic acids is 1. The van der Waals surface area contributed by atoms with E-state index in [0.29, 0.717) is 36.8 Å². The number of primary amides is 1. The number of para-hydroxylation sites is 1. The van der Waals surface area contributed by atoms with Crippen molar-refractivity contribution in [3.63, 3.8) is 0 Å². The number of aryl methyl sites for hydroxylation is 1. The molecule has 7 aromatic rings. The molecule has 10 atom stereocenters. The van der Waals surface area contributed by atoms with Crippen LogP contribution < -0.4 is 47.2 Å². The number of aliphatic hydroxyl groups is 3. The average Bonchev–Trinajstić information content (AvgIpc) is 1.68. The number of nitrogens with two attached hydrogens (primary N) is 1. The van der Waals surface area contributed by atoms with E-state index in [1.165, 1.54) is 109 Å². The first-order valence-electron chi connectivity index (χ1n) is 45.7. The number of ether oxygens (including phenoxy) is 5. The number of aliphatic hydroxyl groups excluding tert-OH is 3. The number of piperidine rings is 1. The highest BCUT2D eigenvalue weighted by Crippen LogP contribution is 2.37. The highest BCUT2D eigenvalue weighted by molar-refractivity contribution is 7.59. The Morgan fingerprint density at radius 1 is 0.620 bits per heavy atom. The van der Waals surface area contributed by atoms with Gasteiger partial charge in [-0.2, -0.15) is 0 Å². The lowest BCUT2D eigenvalue weighted by molar-refractivity contribution is -0.155. The highest BCUT2D eigenvalue weighted by Gasteiger charge is 2.42. The van der Waals surface area contributed by atoms with Crippen molar-refractivity contribution in [1.29, 1.82) is 0 Å². The number of esters is 1. The molecule has 5 amide bonds. The molecule has 26 nitrogen and oxygen atoms in total. The van der Waals surface area contributed by atoms with Crippen molar-refractivity contribution in [3.05, 3.63) is 222 Å². The molecular formula is C102H150N10O16S. The van der Waals surface area contributed by atoms with Crippen LogP contribution in [0.1, 0.15) is 230 Å². The molecule has 2 aliphatic rings. The van der Waals surface area contributed by atoms with Gasteiger partial charge in [0.05, 0.1) is 45.1 Å². The first-order chi connectivity index (χ1) is 61.2. The predicted molar refractivity (Wildman–Crippen MR) is 513 cm³/mol. The van der Waals surface area contributed by atoms with E-state index in [1.807, 2.05) is 169 Å². The van der Waals surface area contributed by atoms with E-state index in [0.717, 1.165) is 77.9 Å². The number of rotatable bonds is 46. The number of carbonyl (C=O) groups is 7. The number of carboxylic acid groups (broad SMARTS) is 1. The van der Waals surface area contributed by atoms with Crippen LogP contribution >= 0.6 is 13.5 Å². The fraction of sp³-hybridized carbons (Fsp3) is 0.529. The molecule has 0 saturated carbocycles. The van der Waals surface area contributed by atoms with E-state index < -0.39 is 77.1 Å². The Morgan fingerprint density at radius 2 is 1.13 bits per heavy atom. The van der Waals surface area contributed by atoms with Gasteiger partial charge in [0.25, 0.3) is 5.91 Å². The molecule has 3 heterocycles. The molecule has 2 aliphatic heterocycles. The number of nitrogens with zero attached hydrogens (tertiary/aromatic N) is 3. The quantitative estimate of drug-likeness (QED) is 0.00730. The lowest BCUT2D eigenvalue weighted by atomic mass is 9.85. The minimum Gasteiger partial charge on any atom is -0.491 e. The van der Waals surface area contributed by atoms with Crippen LogP contribution in [0.25, 0.3) is 11.3 Å². The normalized spacial score (nSPS) is 15.5. The SMILES string of the molecule is CC(C)NCC(O)COc1ccc(CC(N)=O)cc1.CCCCCCCCCCCCCCCC(=O)O.CN1[C@@H]2CC[C@H]1C[C@@H](OC(=O)C(CO)c1ccccc1)C2.CNCC[C@@H](Oc1ccccc1C)c1ccccc1.COC(=O)N[C@H](C(=O)N[C@@H](Cc1ccccc1)[C@@H](O)CN(Cc1ccc(-c2ccccn2)cc1)NC(=O)[C@@H](NC(=O)OC)C(C)(C)C)C(C)(C)C.[S]. The molecule has 2 radical (unpaired) electrons. The minimum absolute atomic E-state index is 0. The van der Waals surface area contributed by atoms with Crippen molar-refractivity contribution >= 4 is 55.3 Å². The number of alkyl carbamates (subject to hydrolysis) is 2. The summed E-state index contributed by atoms with van der Waals surface area (Å²) in [6.07, 6.45) is 21.5. The second-order valence-corrected chi connectivity index (χ2v) is 35.6. The summed E-state index contributed by atoms with van der Waals surface area (Å²) >= 11 is 0. The van der Waals surface area contributed by atoms with E-state index in [1.54, 1.807) is 56.2 Å². The fourth-order valence-corrected chi connectivity index (χ4v) is 15.0. The summed E-state index contributed by atoms with van der Waals surface area (Å²) in [4.78, 5) is 92.2. The number of nitrogens with one attached hydrogen (secondary N) is 6. The Morgan fingerprint density at radius 3 is 1.63 bits per heavy atom. The zero-order valence-electron chi connectivity index (χ0n) is 78.9. The molecular weight excluding hydrogens is 1650 g/mol. The van der Waals surface area contributed by atoms with Crippen LogP contribution in [0.3, 0.4) is 0 Å². The van der Waals surface area contributed by atoms with Gasteiger partial charge in [-0.3, -0.25) is 34.4 Å². The largest absolute Gasteiger partial charge is 0.491 e. The summed E-state index contributed by atoms with van der Waals surface area (Å²) in [5.41, 5.74) is 14.1. The number of fused-ring (bicyclic) bond motifs is 2. The molecule has 710 valence electrons. The summed E-state index contributed by atoms with van der Waals surface area (Å²) in [6, 6.07) is 56.3. The lowest BCUT2D eigenvalue weighted by Crippen LogP contribution is -2.60. The first-order valence-corrected chi connectivity index (χ1v) is 45.7. The summed E-state index contributed by atoms with van der Waals surface area (Å²) in [5.74, 6) is -1.28. The van der Waals surface area contributed by atoms with E-state index in [-0.39, 0.29) is 76.7 Å². The molecule has 2 fully saturated rings. The number of amides is 5. The van der Waals surface area contributed by atoms with Gasteiger partial charge in [-0.1, -0.05) is 291 Å². The Hall–Kier alpha value is -9.97. The molecule has 2 saturated heterocycles. The van der Waals surface area contributed by atoms with Gasteiger partial charge in [0.2, 0.25) is 11.8 Å². The molecule has 0 aliphatic carbocycles. The van der Waals surface area contributed by atoms with Crippen molar-refractivity contribution in [2.24, 2.45) is 16.6 Å². The van der Waals surface area contributed by atoms with Gasteiger partial charge in [0.15, 0.2) is 0 Å². The number of methoxy groups -OCH3 is 2. The third kappa shape index (κ3) is 44.5. The van der Waals surface area contributed by atoms with E-state index in [2.05, 4.69) is 93.1 Å². The Labute approximate surface area is 774 Å². The van der Waals surface area contributed by atoms with E-state index in [9.17, 15) is 48.9 Å². The number of aromatic nitrogens is 1. The topological polar surface area (TPSA) is 364 Å². The third-order valence-corrected chi connectivity index (χ3v) is 22.4. The molecule has 6 aromatic carbocycles. The van der Waals surface area contributed by atoms with E-state index >= 15 is 0 Å². The minimum atomic E-state index is -1.22. The molecule has 27 heteroatoms. The van der Waals surface area contributed by atoms with Gasteiger partial charge >= 0.3 is 24.1 Å².